The Morgan fingerprint density at radius 2 is 2.17 bits per heavy atom. The molecule has 96 valence electrons. The number of fused-ring (bicyclic) bond motifs is 1. The summed E-state index contributed by atoms with van der Waals surface area (Å²) in [6.07, 6.45) is 2.02. The van der Waals surface area contributed by atoms with Crippen LogP contribution in [0.15, 0.2) is 23.1 Å². The Hall–Kier alpha value is -1.04. The smallest absolute Gasteiger partial charge is 0.237 e. The number of amides is 1. The van der Waals surface area contributed by atoms with Crippen LogP contribution in [0, 0.1) is 0 Å². The molecule has 4 nitrogen and oxygen atoms in total. The quantitative estimate of drug-likeness (QED) is 0.856. The number of thioether (sulfide) groups is 1. The molecule has 1 aromatic carbocycles. The molecule has 1 saturated carbocycles. The number of benzene rings is 1. The highest BCUT2D eigenvalue weighted by atomic mass is 32.2. The van der Waals surface area contributed by atoms with Crippen molar-refractivity contribution in [2.75, 3.05) is 17.2 Å². The number of hydrogen-bond acceptors (Lipinski definition) is 4. The summed E-state index contributed by atoms with van der Waals surface area (Å²) in [4.78, 5) is 15.1. The minimum atomic E-state index is -0.159. The van der Waals surface area contributed by atoms with Crippen molar-refractivity contribution in [1.82, 2.24) is 0 Å². The van der Waals surface area contributed by atoms with Gasteiger partial charge in [-0.1, -0.05) is 6.07 Å². The van der Waals surface area contributed by atoms with Crippen LogP contribution < -0.4 is 16.4 Å². The van der Waals surface area contributed by atoms with Crippen LogP contribution in [0.2, 0.25) is 0 Å². The van der Waals surface area contributed by atoms with Crippen molar-refractivity contribution < 1.29 is 4.79 Å². The molecule has 1 amide bonds. The van der Waals surface area contributed by atoms with Crippen LogP contribution in [-0.4, -0.2) is 23.7 Å². The molecule has 0 radical (unpaired) electrons. The van der Waals surface area contributed by atoms with E-state index in [-0.39, 0.29) is 11.4 Å². The highest BCUT2D eigenvalue weighted by molar-refractivity contribution is 8.00. The predicted molar refractivity (Wildman–Crippen MR) is 73.6 cm³/mol. The zero-order valence-corrected chi connectivity index (χ0v) is 11.0. The number of carbonyl (C=O) groups excluding carboxylic acids is 1. The molecular formula is C13H17N3OS. The average molecular weight is 263 g/mol. The zero-order chi connectivity index (χ0) is 12.8. The SMILES string of the molecule is NCc1ccc2c(c1)N(CC1(N)CC1)C(=O)CS2. The van der Waals surface area contributed by atoms with Gasteiger partial charge in [0.25, 0.3) is 0 Å². The van der Waals surface area contributed by atoms with E-state index >= 15 is 0 Å². The Morgan fingerprint density at radius 1 is 1.39 bits per heavy atom. The van der Waals surface area contributed by atoms with E-state index in [2.05, 4.69) is 6.07 Å². The Kier molecular flexibility index (Phi) is 2.84. The van der Waals surface area contributed by atoms with E-state index in [1.54, 1.807) is 11.8 Å². The second-order valence-electron chi connectivity index (χ2n) is 5.14. The van der Waals surface area contributed by atoms with Gasteiger partial charge in [0.05, 0.1) is 11.4 Å². The summed E-state index contributed by atoms with van der Waals surface area (Å²) in [5.74, 6) is 0.656. The van der Waals surface area contributed by atoms with Gasteiger partial charge in [0, 0.05) is 23.5 Å². The zero-order valence-electron chi connectivity index (χ0n) is 10.2. The first-order chi connectivity index (χ1) is 8.61. The van der Waals surface area contributed by atoms with E-state index in [0.29, 0.717) is 18.8 Å². The Morgan fingerprint density at radius 3 is 2.83 bits per heavy atom. The van der Waals surface area contributed by atoms with Crippen LogP contribution in [-0.2, 0) is 11.3 Å². The molecule has 1 fully saturated rings. The fourth-order valence-corrected chi connectivity index (χ4v) is 3.10. The monoisotopic (exact) mass is 263 g/mol. The highest BCUT2D eigenvalue weighted by Crippen LogP contribution is 2.40. The average Bonchev–Trinajstić information content (AvgIpc) is 3.10. The van der Waals surface area contributed by atoms with Crippen LogP contribution in [0.1, 0.15) is 18.4 Å². The highest BCUT2D eigenvalue weighted by Gasteiger charge is 2.42. The van der Waals surface area contributed by atoms with Crippen molar-refractivity contribution >= 4 is 23.4 Å². The molecule has 2 aliphatic rings. The van der Waals surface area contributed by atoms with Gasteiger partial charge in [-0.15, -0.1) is 11.8 Å². The minimum absolute atomic E-state index is 0.151. The molecule has 3 rings (SSSR count). The molecule has 0 atom stereocenters. The normalized spacial score (nSPS) is 20.8. The summed E-state index contributed by atoms with van der Waals surface area (Å²) in [7, 11) is 0. The maximum atomic E-state index is 12.1. The van der Waals surface area contributed by atoms with Gasteiger partial charge in [0.1, 0.15) is 0 Å². The van der Waals surface area contributed by atoms with Gasteiger partial charge in [-0.3, -0.25) is 4.79 Å². The largest absolute Gasteiger partial charge is 0.326 e. The van der Waals surface area contributed by atoms with E-state index in [9.17, 15) is 4.79 Å². The summed E-state index contributed by atoms with van der Waals surface area (Å²) >= 11 is 1.59. The van der Waals surface area contributed by atoms with Crippen molar-refractivity contribution in [1.29, 1.82) is 0 Å². The summed E-state index contributed by atoms with van der Waals surface area (Å²) in [5, 5.41) is 0. The summed E-state index contributed by atoms with van der Waals surface area (Å²) in [5.41, 5.74) is 13.7. The van der Waals surface area contributed by atoms with Gasteiger partial charge < -0.3 is 16.4 Å². The molecule has 5 heteroatoms. The molecule has 1 aliphatic heterocycles. The third-order valence-corrected chi connectivity index (χ3v) is 4.61. The molecule has 1 heterocycles. The van der Waals surface area contributed by atoms with Crippen molar-refractivity contribution in [2.45, 2.75) is 29.8 Å². The molecule has 1 aliphatic carbocycles. The van der Waals surface area contributed by atoms with E-state index < -0.39 is 0 Å². The van der Waals surface area contributed by atoms with Crippen LogP contribution in [0.25, 0.3) is 0 Å². The van der Waals surface area contributed by atoms with Crippen LogP contribution in [0.3, 0.4) is 0 Å². The Balaban J connectivity index is 1.96. The lowest BCUT2D eigenvalue weighted by molar-refractivity contribution is -0.116. The maximum absolute atomic E-state index is 12.1. The topological polar surface area (TPSA) is 72.3 Å². The fourth-order valence-electron chi connectivity index (χ4n) is 2.18. The second-order valence-corrected chi connectivity index (χ2v) is 6.15. The fraction of sp³-hybridized carbons (Fsp3) is 0.462. The summed E-state index contributed by atoms with van der Waals surface area (Å²) in [6.45, 7) is 1.13. The number of anilines is 1. The first kappa shape index (κ1) is 12.0. The first-order valence-corrected chi connectivity index (χ1v) is 7.15. The van der Waals surface area contributed by atoms with Crippen molar-refractivity contribution in [3.05, 3.63) is 23.8 Å². The van der Waals surface area contributed by atoms with E-state index in [4.69, 9.17) is 11.5 Å². The minimum Gasteiger partial charge on any atom is -0.326 e. The predicted octanol–water partition coefficient (Wildman–Crippen LogP) is 1.08. The third kappa shape index (κ3) is 2.13. The van der Waals surface area contributed by atoms with Crippen LogP contribution in [0.4, 0.5) is 5.69 Å². The van der Waals surface area contributed by atoms with Gasteiger partial charge in [0.15, 0.2) is 0 Å². The Labute approximate surface area is 111 Å². The maximum Gasteiger partial charge on any atom is 0.237 e. The molecule has 0 saturated heterocycles. The molecule has 1 aromatic rings. The third-order valence-electron chi connectivity index (χ3n) is 3.57. The summed E-state index contributed by atoms with van der Waals surface area (Å²) < 4.78 is 0. The molecule has 0 bridgehead atoms. The second kappa shape index (κ2) is 4.26. The van der Waals surface area contributed by atoms with Gasteiger partial charge >= 0.3 is 0 Å². The van der Waals surface area contributed by atoms with Crippen LogP contribution in [0.5, 0.6) is 0 Å². The van der Waals surface area contributed by atoms with Gasteiger partial charge in [0.2, 0.25) is 5.91 Å². The van der Waals surface area contributed by atoms with Gasteiger partial charge in [-0.25, -0.2) is 0 Å². The molecule has 0 aromatic heterocycles. The lowest BCUT2D eigenvalue weighted by Gasteiger charge is -2.31. The van der Waals surface area contributed by atoms with E-state index in [1.807, 2.05) is 17.0 Å². The van der Waals surface area contributed by atoms with Crippen molar-refractivity contribution in [2.24, 2.45) is 11.5 Å². The molecule has 0 unspecified atom stereocenters. The molecule has 4 N–H and O–H groups in total. The van der Waals surface area contributed by atoms with Gasteiger partial charge in [-0.2, -0.15) is 0 Å². The van der Waals surface area contributed by atoms with Crippen LogP contribution >= 0.6 is 11.8 Å². The number of nitrogens with two attached hydrogens (primary N) is 2. The lowest BCUT2D eigenvalue weighted by atomic mass is 10.1. The number of carbonyl (C=O) groups is 1. The van der Waals surface area contributed by atoms with Crippen molar-refractivity contribution in [3.63, 3.8) is 0 Å². The number of hydrogen-bond donors (Lipinski definition) is 2. The van der Waals surface area contributed by atoms with Crippen molar-refractivity contribution in [3.8, 4) is 0 Å². The standard InChI is InChI=1S/C13H17N3OS/c14-6-9-1-2-11-10(5-9)16(12(17)7-18-11)8-13(15)3-4-13/h1-2,5H,3-4,6-8,14-15H2. The lowest BCUT2D eigenvalue weighted by Crippen LogP contribution is -2.45. The first-order valence-electron chi connectivity index (χ1n) is 6.16. The molecular weight excluding hydrogens is 246 g/mol. The summed E-state index contributed by atoms with van der Waals surface area (Å²) in [6, 6.07) is 6.10. The number of nitrogens with zero attached hydrogens (tertiary/aromatic N) is 1. The van der Waals surface area contributed by atoms with E-state index in [0.717, 1.165) is 29.0 Å². The molecule has 0 spiro atoms. The van der Waals surface area contributed by atoms with E-state index in [1.165, 1.54) is 0 Å². The molecule has 18 heavy (non-hydrogen) atoms. The van der Waals surface area contributed by atoms with Gasteiger partial charge in [-0.05, 0) is 30.5 Å². The Bertz CT molecular complexity index is 499. The number of rotatable bonds is 3.